The molecule has 0 aliphatic rings. The Kier molecular flexibility index (Phi) is 5.07. The summed E-state index contributed by atoms with van der Waals surface area (Å²) in [5.41, 5.74) is 4.58. The zero-order valence-electron chi connectivity index (χ0n) is 14.5. The molecule has 0 atom stereocenters. The van der Waals surface area contributed by atoms with Crippen LogP contribution in [-0.4, -0.2) is 28.8 Å². The lowest BCUT2D eigenvalue weighted by atomic mass is 10.2. The van der Waals surface area contributed by atoms with E-state index in [1.54, 1.807) is 44.4 Å². The lowest BCUT2D eigenvalue weighted by Crippen LogP contribution is -2.31. The van der Waals surface area contributed by atoms with Crippen molar-refractivity contribution in [3.8, 4) is 5.75 Å². The number of para-hydroxylation sites is 2. The summed E-state index contributed by atoms with van der Waals surface area (Å²) in [4.78, 5) is 28.8. The zero-order valence-corrected chi connectivity index (χ0v) is 14.5. The molecule has 3 rings (SSSR count). The lowest BCUT2D eigenvalue weighted by Gasteiger charge is -2.09. The highest BCUT2D eigenvalue weighted by Gasteiger charge is 2.10. The van der Waals surface area contributed by atoms with Crippen LogP contribution in [0.3, 0.4) is 0 Å². The number of rotatable bonds is 5. The van der Waals surface area contributed by atoms with E-state index in [9.17, 15) is 9.59 Å². The van der Waals surface area contributed by atoms with Gasteiger partial charge in [-0.25, -0.2) is 10.4 Å². The second-order valence-corrected chi connectivity index (χ2v) is 5.64. The van der Waals surface area contributed by atoms with Gasteiger partial charge in [0.15, 0.2) is 0 Å². The molecule has 132 valence electrons. The molecule has 1 amide bonds. The first-order valence-electron chi connectivity index (χ1n) is 8.00. The molecule has 0 saturated carbocycles. The number of aromatic nitrogens is 2. The summed E-state index contributed by atoms with van der Waals surface area (Å²) < 4.78 is 6.48. The molecule has 0 saturated heterocycles. The van der Waals surface area contributed by atoms with Crippen LogP contribution < -0.4 is 15.7 Å². The number of methoxy groups -OCH3 is 1. The number of hydrogen-bond donors (Lipinski definition) is 1. The quantitative estimate of drug-likeness (QED) is 0.562. The van der Waals surface area contributed by atoms with Gasteiger partial charge < -0.3 is 4.74 Å². The van der Waals surface area contributed by atoms with Crippen molar-refractivity contribution in [2.45, 2.75) is 13.5 Å². The maximum Gasteiger partial charge on any atom is 0.272 e. The summed E-state index contributed by atoms with van der Waals surface area (Å²) in [5, 5.41) is 3.93. The Balaban J connectivity index is 1.74. The third-order valence-electron chi connectivity index (χ3n) is 3.84. The zero-order chi connectivity index (χ0) is 18.5. The topological polar surface area (TPSA) is 85.6 Å². The van der Waals surface area contributed by atoms with Crippen LogP contribution in [0.4, 0.5) is 0 Å². The van der Waals surface area contributed by atoms with Gasteiger partial charge in [0.1, 0.15) is 18.0 Å². The van der Waals surface area contributed by atoms with Gasteiger partial charge in [-0.15, -0.1) is 0 Å². The number of benzene rings is 2. The van der Waals surface area contributed by atoms with Crippen molar-refractivity contribution < 1.29 is 9.53 Å². The third-order valence-corrected chi connectivity index (χ3v) is 3.84. The van der Waals surface area contributed by atoms with Gasteiger partial charge in [0.2, 0.25) is 0 Å². The van der Waals surface area contributed by atoms with Crippen molar-refractivity contribution in [3.05, 3.63) is 70.1 Å². The Bertz CT molecular complexity index is 1020. The summed E-state index contributed by atoms with van der Waals surface area (Å²) in [6, 6.07) is 14.4. The van der Waals surface area contributed by atoms with Gasteiger partial charge in [-0.1, -0.05) is 12.1 Å². The molecular formula is C19H18N4O3. The molecule has 3 aromatic rings. The first kappa shape index (κ1) is 17.3. The fourth-order valence-corrected chi connectivity index (χ4v) is 2.52. The highest BCUT2D eigenvalue weighted by atomic mass is 16.5. The number of nitrogens with one attached hydrogen (secondary N) is 1. The predicted octanol–water partition coefficient (Wildman–Crippen LogP) is 1.86. The first-order chi connectivity index (χ1) is 12.6. The molecule has 0 radical (unpaired) electrons. The van der Waals surface area contributed by atoms with Gasteiger partial charge in [-0.2, -0.15) is 5.10 Å². The number of carbonyl (C=O) groups is 1. The molecule has 26 heavy (non-hydrogen) atoms. The first-order valence-corrected chi connectivity index (χ1v) is 8.00. The minimum absolute atomic E-state index is 0.136. The summed E-state index contributed by atoms with van der Waals surface area (Å²) in [7, 11) is 1.59. The van der Waals surface area contributed by atoms with E-state index in [1.807, 2.05) is 18.2 Å². The van der Waals surface area contributed by atoms with Gasteiger partial charge >= 0.3 is 0 Å². The van der Waals surface area contributed by atoms with Crippen LogP contribution in [0.2, 0.25) is 0 Å². The highest BCUT2D eigenvalue weighted by molar-refractivity contribution is 5.83. The minimum atomic E-state index is -0.396. The van der Waals surface area contributed by atoms with Crippen LogP contribution in [0.5, 0.6) is 5.75 Å². The molecule has 2 aromatic carbocycles. The summed E-state index contributed by atoms with van der Waals surface area (Å²) in [5.74, 6) is 0.345. The number of carbonyl (C=O) groups excluding carboxylic acids is 1. The molecule has 0 fully saturated rings. The van der Waals surface area contributed by atoms with E-state index in [0.29, 0.717) is 16.7 Å². The maximum atomic E-state index is 12.3. The molecular weight excluding hydrogens is 332 g/mol. The van der Waals surface area contributed by atoms with E-state index in [-0.39, 0.29) is 12.1 Å². The van der Waals surface area contributed by atoms with Gasteiger partial charge in [-0.05, 0) is 48.9 Å². The smallest absolute Gasteiger partial charge is 0.272 e. The number of fused-ring (bicyclic) bond motifs is 1. The van der Waals surface area contributed by atoms with Gasteiger partial charge in [0, 0.05) is 0 Å². The van der Waals surface area contributed by atoms with E-state index in [4.69, 9.17) is 4.74 Å². The SMILES string of the molecule is COc1ccc(C=NNC(=O)Cn2c(=O)c(C)nc3ccccc32)cc1. The second kappa shape index (κ2) is 7.60. The molecule has 0 aliphatic heterocycles. The Hall–Kier alpha value is -3.48. The number of nitrogens with zero attached hydrogens (tertiary/aromatic N) is 3. The van der Waals surface area contributed by atoms with Crippen LogP contribution in [0.25, 0.3) is 11.0 Å². The van der Waals surface area contributed by atoms with Gasteiger partial charge in [-0.3, -0.25) is 14.2 Å². The third kappa shape index (κ3) is 3.77. The average molecular weight is 350 g/mol. The normalized spacial score (nSPS) is 11.0. The Morgan fingerprint density at radius 1 is 1.23 bits per heavy atom. The molecule has 1 heterocycles. The molecule has 0 bridgehead atoms. The van der Waals surface area contributed by atoms with E-state index in [2.05, 4.69) is 15.5 Å². The number of amides is 1. The standard InChI is InChI=1S/C19H18N4O3/c1-13-19(25)23(17-6-4-3-5-16(17)21-13)12-18(24)22-20-11-14-7-9-15(26-2)10-8-14/h3-11H,12H2,1-2H3,(H,22,24). The minimum Gasteiger partial charge on any atom is -0.497 e. The van der Waals surface area contributed by atoms with Gasteiger partial charge in [0.25, 0.3) is 11.5 Å². The number of hydrazone groups is 1. The molecule has 0 aliphatic carbocycles. The largest absolute Gasteiger partial charge is 0.497 e. The van der Waals surface area contributed by atoms with Crippen LogP contribution in [0.15, 0.2) is 58.4 Å². The number of aryl methyl sites for hydroxylation is 1. The highest BCUT2D eigenvalue weighted by Crippen LogP contribution is 2.10. The van der Waals surface area contributed by atoms with E-state index in [1.165, 1.54) is 10.8 Å². The average Bonchev–Trinajstić information content (AvgIpc) is 2.66. The van der Waals surface area contributed by atoms with E-state index < -0.39 is 5.91 Å². The van der Waals surface area contributed by atoms with Crippen molar-refractivity contribution in [2.24, 2.45) is 5.10 Å². The van der Waals surface area contributed by atoms with Crippen LogP contribution >= 0.6 is 0 Å². The van der Waals surface area contributed by atoms with Crippen molar-refractivity contribution in [2.75, 3.05) is 7.11 Å². The summed E-state index contributed by atoms with van der Waals surface area (Å²) in [6.07, 6.45) is 1.52. The fraction of sp³-hybridized carbons (Fsp3) is 0.158. The Labute approximate surface area is 149 Å². The van der Waals surface area contributed by atoms with Crippen molar-refractivity contribution in [1.29, 1.82) is 0 Å². The van der Waals surface area contributed by atoms with E-state index >= 15 is 0 Å². The van der Waals surface area contributed by atoms with Crippen molar-refractivity contribution >= 4 is 23.2 Å². The maximum absolute atomic E-state index is 12.3. The lowest BCUT2D eigenvalue weighted by molar-refractivity contribution is -0.121. The van der Waals surface area contributed by atoms with Crippen LogP contribution in [-0.2, 0) is 11.3 Å². The van der Waals surface area contributed by atoms with E-state index in [0.717, 1.165) is 11.3 Å². The van der Waals surface area contributed by atoms with Crippen molar-refractivity contribution in [3.63, 3.8) is 0 Å². The molecule has 0 spiro atoms. The van der Waals surface area contributed by atoms with Gasteiger partial charge in [0.05, 0.1) is 24.4 Å². The molecule has 1 aromatic heterocycles. The van der Waals surface area contributed by atoms with Crippen LogP contribution in [0, 0.1) is 6.92 Å². The Morgan fingerprint density at radius 3 is 2.69 bits per heavy atom. The van der Waals surface area contributed by atoms with Crippen LogP contribution in [0.1, 0.15) is 11.3 Å². The monoisotopic (exact) mass is 350 g/mol. The molecule has 0 unspecified atom stereocenters. The number of hydrogen-bond acceptors (Lipinski definition) is 5. The fourth-order valence-electron chi connectivity index (χ4n) is 2.52. The summed E-state index contributed by atoms with van der Waals surface area (Å²) >= 11 is 0. The van der Waals surface area contributed by atoms with Crippen molar-refractivity contribution in [1.82, 2.24) is 15.0 Å². The predicted molar refractivity (Wildman–Crippen MR) is 99.5 cm³/mol. The molecule has 1 N–H and O–H groups in total. The summed E-state index contributed by atoms with van der Waals surface area (Å²) in [6.45, 7) is 1.49. The molecule has 7 nitrogen and oxygen atoms in total. The molecule has 7 heteroatoms. The number of ether oxygens (including phenoxy) is 1. The Morgan fingerprint density at radius 2 is 1.96 bits per heavy atom. The second-order valence-electron chi connectivity index (χ2n) is 5.64.